The van der Waals surface area contributed by atoms with Crippen molar-refractivity contribution in [2.75, 3.05) is 13.7 Å². The molecule has 0 bridgehead atoms. The quantitative estimate of drug-likeness (QED) is 0.201. The Kier molecular flexibility index (Phi) is 8.15. The normalized spacial score (nSPS) is 16.0. The van der Waals surface area contributed by atoms with Crippen molar-refractivity contribution in [3.8, 4) is 33.9 Å². The van der Waals surface area contributed by atoms with Crippen LogP contribution in [0.15, 0.2) is 79.4 Å². The van der Waals surface area contributed by atoms with E-state index < -0.39 is 12.1 Å². The molecule has 0 aliphatic carbocycles. The van der Waals surface area contributed by atoms with E-state index in [2.05, 4.69) is 35.2 Å². The predicted octanol–water partition coefficient (Wildman–Crippen LogP) is 4.70. The van der Waals surface area contributed by atoms with E-state index in [1.165, 1.54) is 7.11 Å². The molecule has 0 unspecified atom stereocenters. The molecule has 2 amide bonds. The summed E-state index contributed by atoms with van der Waals surface area (Å²) in [7, 11) is 1.27. The minimum atomic E-state index is -0.877. The van der Waals surface area contributed by atoms with Gasteiger partial charge in [-0.25, -0.2) is 14.8 Å². The Labute approximate surface area is 254 Å². The van der Waals surface area contributed by atoms with Gasteiger partial charge in [-0.05, 0) is 30.9 Å². The Morgan fingerprint density at radius 2 is 1.61 bits per heavy atom. The van der Waals surface area contributed by atoms with Crippen LogP contribution >= 0.6 is 0 Å². The molecule has 0 radical (unpaired) electrons. The minimum absolute atomic E-state index is 0.162. The van der Waals surface area contributed by atoms with Crippen LogP contribution in [0.1, 0.15) is 55.1 Å². The van der Waals surface area contributed by atoms with Crippen molar-refractivity contribution in [2.24, 2.45) is 5.73 Å². The zero-order valence-corrected chi connectivity index (χ0v) is 24.4. The molecule has 1 saturated heterocycles. The van der Waals surface area contributed by atoms with Gasteiger partial charge >= 0.3 is 6.09 Å². The number of aromatic amines is 2. The smallest absolute Gasteiger partial charge is 0.407 e. The number of hydrogen-bond donors (Lipinski definition) is 4. The maximum Gasteiger partial charge on any atom is 0.407 e. The second-order valence-electron chi connectivity index (χ2n) is 10.7. The first kappa shape index (κ1) is 28.7. The fourth-order valence-electron chi connectivity index (χ4n) is 5.38. The lowest BCUT2D eigenvalue weighted by atomic mass is 10.1. The van der Waals surface area contributed by atoms with Gasteiger partial charge in [0.1, 0.15) is 23.4 Å². The molecule has 0 saturated carbocycles. The molecule has 6 rings (SSSR count). The van der Waals surface area contributed by atoms with Crippen LogP contribution in [0.2, 0.25) is 0 Å². The highest BCUT2D eigenvalue weighted by Crippen LogP contribution is 2.34. The number of rotatable bonds is 8. The van der Waals surface area contributed by atoms with Gasteiger partial charge in [0.25, 0.3) is 5.91 Å². The molecule has 4 heterocycles. The average molecular weight is 592 g/mol. The van der Waals surface area contributed by atoms with E-state index in [4.69, 9.17) is 10.5 Å². The lowest BCUT2D eigenvalue weighted by molar-refractivity contribution is -0.134. The molecule has 3 atom stereocenters. The fraction of sp³-hybridized carbons (Fsp3) is 0.250. The number of aromatic nitrogens is 6. The summed E-state index contributed by atoms with van der Waals surface area (Å²) in [6.45, 7) is 2.43. The van der Waals surface area contributed by atoms with Crippen molar-refractivity contribution >= 4 is 12.0 Å². The molecule has 0 spiro atoms. The van der Waals surface area contributed by atoms with E-state index in [0.717, 1.165) is 41.2 Å². The fourth-order valence-corrected chi connectivity index (χ4v) is 5.38. The number of nitrogens with one attached hydrogen (secondary N) is 3. The van der Waals surface area contributed by atoms with Crippen molar-refractivity contribution in [1.82, 2.24) is 40.1 Å². The first-order valence-electron chi connectivity index (χ1n) is 14.4. The highest BCUT2D eigenvalue weighted by Gasteiger charge is 2.37. The molecular weight excluding hydrogens is 558 g/mol. The van der Waals surface area contributed by atoms with Crippen LogP contribution < -0.4 is 11.1 Å². The van der Waals surface area contributed by atoms with E-state index in [1.807, 2.05) is 61.5 Å². The molecule has 1 fully saturated rings. The van der Waals surface area contributed by atoms with Crippen molar-refractivity contribution < 1.29 is 14.3 Å². The van der Waals surface area contributed by atoms with Crippen LogP contribution in [0.4, 0.5) is 4.79 Å². The monoisotopic (exact) mass is 591 g/mol. The summed E-state index contributed by atoms with van der Waals surface area (Å²) in [6.07, 6.45) is 7.79. The molecular formula is C32H33N9O3. The molecule has 5 aromatic rings. The van der Waals surface area contributed by atoms with Crippen LogP contribution in [-0.4, -0.2) is 60.5 Å². The number of likely N-dealkylation sites (tertiary alicyclic amines) is 1. The van der Waals surface area contributed by atoms with Gasteiger partial charge in [-0.3, -0.25) is 14.8 Å². The first-order chi connectivity index (χ1) is 21.4. The average Bonchev–Trinajstić information content (AvgIpc) is 3.85. The van der Waals surface area contributed by atoms with E-state index in [1.54, 1.807) is 29.7 Å². The molecule has 1 aliphatic heterocycles. The molecule has 5 N–H and O–H groups in total. The second kappa shape index (κ2) is 12.5. The third-order valence-corrected chi connectivity index (χ3v) is 7.72. The van der Waals surface area contributed by atoms with Crippen molar-refractivity contribution in [3.63, 3.8) is 0 Å². The summed E-state index contributed by atoms with van der Waals surface area (Å²) in [5.41, 5.74) is 11.5. The molecule has 1 aliphatic rings. The third-order valence-electron chi connectivity index (χ3n) is 7.72. The largest absolute Gasteiger partial charge is 0.453 e. The third kappa shape index (κ3) is 5.92. The van der Waals surface area contributed by atoms with Crippen molar-refractivity contribution in [2.45, 2.75) is 37.9 Å². The number of nitrogens with two attached hydrogens (primary N) is 1. The number of H-pyrrole nitrogens is 2. The predicted molar refractivity (Wildman–Crippen MR) is 164 cm³/mol. The Balaban J connectivity index is 1.17. The number of carbonyl (C=O) groups is 2. The number of methoxy groups -OCH3 is 1. The Hall–Kier alpha value is -5.36. The molecule has 224 valence electrons. The summed E-state index contributed by atoms with van der Waals surface area (Å²) in [4.78, 5) is 52.4. The van der Waals surface area contributed by atoms with E-state index in [-0.39, 0.29) is 18.0 Å². The van der Waals surface area contributed by atoms with Gasteiger partial charge < -0.3 is 30.7 Å². The van der Waals surface area contributed by atoms with E-state index >= 15 is 0 Å². The topological polar surface area (TPSA) is 168 Å². The SMILES string of the molecule is COC(=O)N[C@@H](C(=O)N1CCC[C@H]1c1ncc(-c2cnc(-c3ccc(-c4cnc([C@H](C)N)[nH]4)cc3)cn2)[nH]1)c1ccccc1. The number of hydrogen-bond acceptors (Lipinski definition) is 8. The van der Waals surface area contributed by atoms with Crippen LogP contribution in [0.25, 0.3) is 33.9 Å². The van der Waals surface area contributed by atoms with Crippen molar-refractivity contribution in [3.05, 3.63) is 96.6 Å². The highest BCUT2D eigenvalue weighted by molar-refractivity contribution is 5.87. The molecule has 12 nitrogen and oxygen atoms in total. The van der Waals surface area contributed by atoms with Crippen LogP contribution in [0.5, 0.6) is 0 Å². The van der Waals surface area contributed by atoms with Crippen LogP contribution in [-0.2, 0) is 9.53 Å². The van der Waals surface area contributed by atoms with E-state index in [9.17, 15) is 9.59 Å². The summed E-state index contributed by atoms with van der Waals surface area (Å²) < 4.78 is 4.79. The van der Waals surface area contributed by atoms with E-state index in [0.29, 0.717) is 29.3 Å². The summed E-state index contributed by atoms with van der Waals surface area (Å²) in [5, 5.41) is 2.69. The zero-order valence-electron chi connectivity index (χ0n) is 24.4. The maximum absolute atomic E-state index is 13.7. The van der Waals surface area contributed by atoms with Gasteiger partial charge in [-0.15, -0.1) is 0 Å². The minimum Gasteiger partial charge on any atom is -0.453 e. The Bertz CT molecular complexity index is 1730. The lowest BCUT2D eigenvalue weighted by Gasteiger charge is -2.28. The lowest BCUT2D eigenvalue weighted by Crippen LogP contribution is -2.42. The summed E-state index contributed by atoms with van der Waals surface area (Å²) in [6, 6.07) is 15.8. The van der Waals surface area contributed by atoms with Gasteiger partial charge in [-0.1, -0.05) is 54.6 Å². The standard InChI is InChI=1S/C32H33N9O3/c1-19(33)29-36-16-24(38-29)21-12-10-20(11-13-21)23-15-35-25(17-34-23)26-18-37-30(39-26)27-9-6-14-41(27)31(42)28(40-32(43)44-2)22-7-4-3-5-8-22/h3-5,7-8,10-13,15-19,27-28H,6,9,14,33H2,1-2H3,(H,36,38)(H,37,39)(H,40,43)/t19-,27-,28+/m0/s1. The number of alkyl carbamates (subject to hydrolysis) is 1. The molecule has 2 aromatic carbocycles. The Morgan fingerprint density at radius 1 is 0.909 bits per heavy atom. The van der Waals surface area contributed by atoms with Crippen LogP contribution in [0, 0.1) is 0 Å². The number of amides is 2. The van der Waals surface area contributed by atoms with Gasteiger partial charge in [-0.2, -0.15) is 0 Å². The molecule has 3 aromatic heterocycles. The van der Waals surface area contributed by atoms with Crippen molar-refractivity contribution in [1.29, 1.82) is 0 Å². The zero-order chi connectivity index (χ0) is 30.6. The van der Waals surface area contributed by atoms with Crippen LogP contribution in [0.3, 0.4) is 0 Å². The second-order valence-corrected chi connectivity index (χ2v) is 10.7. The molecule has 44 heavy (non-hydrogen) atoms. The Morgan fingerprint density at radius 3 is 2.30 bits per heavy atom. The van der Waals surface area contributed by atoms with Gasteiger partial charge in [0.05, 0.1) is 61.1 Å². The van der Waals surface area contributed by atoms with Gasteiger partial charge in [0.2, 0.25) is 0 Å². The first-order valence-corrected chi connectivity index (χ1v) is 14.4. The summed E-state index contributed by atoms with van der Waals surface area (Å²) in [5.74, 6) is 1.17. The number of ether oxygens (including phenoxy) is 1. The number of carbonyl (C=O) groups excluding carboxylic acids is 2. The maximum atomic E-state index is 13.7. The molecule has 12 heteroatoms. The van der Waals surface area contributed by atoms with Gasteiger partial charge in [0.15, 0.2) is 0 Å². The van der Waals surface area contributed by atoms with Gasteiger partial charge in [0, 0.05) is 12.1 Å². The number of benzene rings is 2. The highest BCUT2D eigenvalue weighted by atomic mass is 16.5. The number of imidazole rings is 2. The number of nitrogens with zero attached hydrogens (tertiary/aromatic N) is 5. The summed E-state index contributed by atoms with van der Waals surface area (Å²) >= 11 is 0.